The first-order valence-electron chi connectivity index (χ1n) is 5.38. The van der Waals surface area contributed by atoms with E-state index in [-0.39, 0.29) is 22.8 Å². The zero-order valence-corrected chi connectivity index (χ0v) is 9.31. The van der Waals surface area contributed by atoms with Gasteiger partial charge in [0.2, 0.25) is 0 Å². The Bertz CT molecular complexity index is 394. The van der Waals surface area contributed by atoms with Crippen LogP contribution in [-0.2, 0) is 0 Å². The molecule has 0 amide bonds. The lowest BCUT2D eigenvalue weighted by Gasteiger charge is -2.00. The van der Waals surface area contributed by atoms with Crippen LogP contribution >= 0.6 is 0 Å². The van der Waals surface area contributed by atoms with Gasteiger partial charge in [-0.05, 0) is 24.6 Å². The highest BCUT2D eigenvalue weighted by Gasteiger charge is 2.08. The minimum Gasteiger partial charge on any atom is -0.508 e. The van der Waals surface area contributed by atoms with Gasteiger partial charge in [0.05, 0.1) is 5.56 Å². The first-order valence-corrected chi connectivity index (χ1v) is 5.38. The minimum absolute atomic E-state index is 0.0518. The van der Waals surface area contributed by atoms with Gasteiger partial charge in [-0.15, -0.1) is 0 Å². The molecule has 0 saturated carbocycles. The zero-order valence-electron chi connectivity index (χ0n) is 9.31. The van der Waals surface area contributed by atoms with E-state index >= 15 is 0 Å². The number of hydrogen-bond acceptors (Lipinski definition) is 3. The van der Waals surface area contributed by atoms with Crippen LogP contribution in [0.15, 0.2) is 30.4 Å². The van der Waals surface area contributed by atoms with Crippen LogP contribution in [0.2, 0.25) is 0 Å². The standard InChI is InChI=1S/C13H16O3/c1-2-3-4-5-6-12(15)11-8-7-10(14)9-13(11)16/h5-9,14,16H,2-4H2,1H3/b6-5+. The van der Waals surface area contributed by atoms with E-state index in [0.29, 0.717) is 0 Å². The lowest BCUT2D eigenvalue weighted by molar-refractivity contribution is 0.104. The Labute approximate surface area is 95.0 Å². The average Bonchev–Trinajstić information content (AvgIpc) is 2.24. The molecule has 0 aromatic heterocycles. The Morgan fingerprint density at radius 2 is 2.12 bits per heavy atom. The third kappa shape index (κ3) is 3.42. The second-order valence-corrected chi connectivity index (χ2v) is 3.61. The SMILES string of the molecule is CCCC/C=C/C(=O)c1ccc(O)cc1O. The summed E-state index contributed by atoms with van der Waals surface area (Å²) >= 11 is 0. The molecule has 0 radical (unpaired) electrons. The number of rotatable bonds is 5. The maximum absolute atomic E-state index is 11.6. The number of carbonyl (C=O) groups is 1. The van der Waals surface area contributed by atoms with E-state index in [9.17, 15) is 9.90 Å². The number of ketones is 1. The van der Waals surface area contributed by atoms with E-state index < -0.39 is 0 Å². The normalized spacial score (nSPS) is 10.8. The van der Waals surface area contributed by atoms with E-state index in [1.54, 1.807) is 6.08 Å². The van der Waals surface area contributed by atoms with E-state index in [1.165, 1.54) is 18.2 Å². The molecule has 1 aromatic rings. The fourth-order valence-electron chi connectivity index (χ4n) is 1.33. The van der Waals surface area contributed by atoms with Gasteiger partial charge in [-0.25, -0.2) is 0 Å². The van der Waals surface area contributed by atoms with E-state index in [4.69, 9.17) is 5.11 Å². The molecule has 3 nitrogen and oxygen atoms in total. The van der Waals surface area contributed by atoms with Crippen molar-refractivity contribution in [2.24, 2.45) is 0 Å². The van der Waals surface area contributed by atoms with Crippen molar-refractivity contribution >= 4 is 5.78 Å². The summed E-state index contributed by atoms with van der Waals surface area (Å²) in [4.78, 5) is 11.6. The van der Waals surface area contributed by atoms with Gasteiger partial charge < -0.3 is 10.2 Å². The van der Waals surface area contributed by atoms with Crippen LogP contribution in [0.25, 0.3) is 0 Å². The predicted octanol–water partition coefficient (Wildman–Crippen LogP) is 3.03. The zero-order chi connectivity index (χ0) is 12.0. The van der Waals surface area contributed by atoms with E-state index in [1.807, 2.05) is 0 Å². The maximum Gasteiger partial charge on any atom is 0.189 e. The van der Waals surface area contributed by atoms with Gasteiger partial charge in [0.25, 0.3) is 0 Å². The largest absolute Gasteiger partial charge is 0.508 e. The predicted molar refractivity (Wildman–Crippen MR) is 62.8 cm³/mol. The number of unbranched alkanes of at least 4 members (excludes halogenated alkanes) is 2. The van der Waals surface area contributed by atoms with Gasteiger partial charge in [0, 0.05) is 6.07 Å². The molecule has 16 heavy (non-hydrogen) atoms. The molecule has 1 rings (SSSR count). The number of aromatic hydroxyl groups is 2. The molecule has 0 unspecified atom stereocenters. The number of carbonyl (C=O) groups excluding carboxylic acids is 1. The van der Waals surface area contributed by atoms with Gasteiger partial charge in [0.15, 0.2) is 5.78 Å². The molecule has 0 aliphatic rings. The highest BCUT2D eigenvalue weighted by atomic mass is 16.3. The van der Waals surface area contributed by atoms with Gasteiger partial charge >= 0.3 is 0 Å². The average molecular weight is 220 g/mol. The molecule has 0 aliphatic carbocycles. The van der Waals surface area contributed by atoms with Crippen LogP contribution in [0.4, 0.5) is 0 Å². The van der Waals surface area contributed by atoms with Crippen molar-refractivity contribution in [2.45, 2.75) is 26.2 Å². The summed E-state index contributed by atoms with van der Waals surface area (Å²) in [5.41, 5.74) is 0.213. The topological polar surface area (TPSA) is 57.5 Å². The quantitative estimate of drug-likeness (QED) is 0.455. The van der Waals surface area contributed by atoms with Crippen LogP contribution in [0.5, 0.6) is 11.5 Å². The van der Waals surface area contributed by atoms with Crippen LogP contribution in [0, 0.1) is 0 Å². The van der Waals surface area contributed by atoms with E-state index in [0.717, 1.165) is 25.3 Å². The molecule has 3 heteroatoms. The molecular weight excluding hydrogens is 204 g/mol. The molecular formula is C13H16O3. The van der Waals surface area contributed by atoms with Crippen LogP contribution in [-0.4, -0.2) is 16.0 Å². The first-order chi connectivity index (χ1) is 7.65. The van der Waals surface area contributed by atoms with Crippen molar-refractivity contribution in [1.29, 1.82) is 0 Å². The third-order valence-electron chi connectivity index (χ3n) is 2.24. The Kier molecular flexibility index (Phi) is 4.58. The molecule has 1 aromatic carbocycles. The molecule has 0 bridgehead atoms. The summed E-state index contributed by atoms with van der Waals surface area (Å²) in [6.07, 6.45) is 6.26. The molecule has 0 atom stereocenters. The second kappa shape index (κ2) is 5.95. The highest BCUT2D eigenvalue weighted by molar-refractivity contribution is 6.06. The fraction of sp³-hybridized carbons (Fsp3) is 0.308. The summed E-state index contributed by atoms with van der Waals surface area (Å²) in [6.45, 7) is 2.08. The second-order valence-electron chi connectivity index (χ2n) is 3.61. The number of phenols is 2. The van der Waals surface area contributed by atoms with Crippen LogP contribution in [0.1, 0.15) is 36.5 Å². The summed E-state index contributed by atoms with van der Waals surface area (Å²) in [5.74, 6) is -0.484. The van der Waals surface area contributed by atoms with Crippen molar-refractivity contribution in [2.75, 3.05) is 0 Å². The monoisotopic (exact) mass is 220 g/mol. The molecule has 0 saturated heterocycles. The highest BCUT2D eigenvalue weighted by Crippen LogP contribution is 2.23. The molecule has 86 valence electrons. The molecule has 0 spiro atoms. The van der Waals surface area contributed by atoms with Crippen molar-refractivity contribution in [3.05, 3.63) is 35.9 Å². The summed E-state index contributed by atoms with van der Waals surface area (Å²) < 4.78 is 0. The lowest BCUT2D eigenvalue weighted by atomic mass is 10.1. The molecule has 0 heterocycles. The molecule has 0 fully saturated rings. The van der Waals surface area contributed by atoms with Crippen molar-refractivity contribution in [1.82, 2.24) is 0 Å². The van der Waals surface area contributed by atoms with Crippen molar-refractivity contribution in [3.8, 4) is 11.5 Å². The van der Waals surface area contributed by atoms with Gasteiger partial charge in [-0.3, -0.25) is 4.79 Å². The van der Waals surface area contributed by atoms with E-state index in [2.05, 4.69) is 6.92 Å². The first kappa shape index (κ1) is 12.3. The lowest BCUT2D eigenvalue weighted by Crippen LogP contribution is -1.94. The minimum atomic E-state index is -0.242. The molecule has 2 N–H and O–H groups in total. The number of hydrogen-bond donors (Lipinski definition) is 2. The van der Waals surface area contributed by atoms with Crippen molar-refractivity contribution < 1.29 is 15.0 Å². The van der Waals surface area contributed by atoms with Gasteiger partial charge in [-0.2, -0.15) is 0 Å². The molecule has 0 aliphatic heterocycles. The maximum atomic E-state index is 11.6. The number of benzene rings is 1. The van der Waals surface area contributed by atoms with Gasteiger partial charge in [0.1, 0.15) is 11.5 Å². The Morgan fingerprint density at radius 1 is 1.38 bits per heavy atom. The fourth-order valence-corrected chi connectivity index (χ4v) is 1.33. The third-order valence-corrected chi connectivity index (χ3v) is 2.24. The summed E-state index contributed by atoms with van der Waals surface area (Å²) in [5, 5.41) is 18.5. The summed E-state index contributed by atoms with van der Waals surface area (Å²) in [7, 11) is 0. The van der Waals surface area contributed by atoms with Crippen molar-refractivity contribution in [3.63, 3.8) is 0 Å². The summed E-state index contributed by atoms with van der Waals surface area (Å²) in [6, 6.07) is 3.96. The number of phenolic OH excluding ortho intramolecular Hbond substituents is 2. The van der Waals surface area contributed by atoms with Crippen LogP contribution in [0.3, 0.4) is 0 Å². The van der Waals surface area contributed by atoms with Gasteiger partial charge in [-0.1, -0.05) is 25.8 Å². The Balaban J connectivity index is 2.69. The van der Waals surface area contributed by atoms with Crippen LogP contribution < -0.4 is 0 Å². The smallest absolute Gasteiger partial charge is 0.189 e. The Morgan fingerprint density at radius 3 is 2.75 bits per heavy atom. The number of allylic oxidation sites excluding steroid dienone is 2. The Hall–Kier alpha value is -1.77.